The first-order valence-corrected chi connectivity index (χ1v) is 3.96. The van der Waals surface area contributed by atoms with Crippen molar-refractivity contribution >= 4 is 15.9 Å². The quantitative estimate of drug-likeness (QED) is 0.826. The highest BCUT2D eigenvalue weighted by atomic mass is 79.9. The molecule has 6 heteroatoms. The summed E-state index contributed by atoms with van der Waals surface area (Å²) in [4.78, 5) is 13.1. The van der Waals surface area contributed by atoms with E-state index in [4.69, 9.17) is 5.26 Å². The van der Waals surface area contributed by atoms with Gasteiger partial charge in [-0.2, -0.15) is 5.26 Å². The summed E-state index contributed by atoms with van der Waals surface area (Å²) in [6, 6.07) is 2.52. The van der Waals surface area contributed by atoms with Gasteiger partial charge in [0.05, 0.1) is 4.47 Å². The summed E-state index contributed by atoms with van der Waals surface area (Å²) >= 11 is 2.71. The Balaban J connectivity index is 3.44. The number of hydrogen-bond donors (Lipinski definition) is 1. The number of hydrogen-bond acceptors (Lipinski definition) is 2. The molecule has 13 heavy (non-hydrogen) atoms. The summed E-state index contributed by atoms with van der Waals surface area (Å²) in [6.45, 7) is 0. The van der Waals surface area contributed by atoms with E-state index in [0.717, 1.165) is 6.07 Å². The van der Waals surface area contributed by atoms with E-state index in [1.807, 2.05) is 0 Å². The number of aromatic amines is 1. The molecule has 1 aromatic rings. The number of nitriles is 1. The highest BCUT2D eigenvalue weighted by Crippen LogP contribution is 2.24. The first-order chi connectivity index (χ1) is 6.06. The summed E-state index contributed by atoms with van der Waals surface area (Å²) in [5.41, 5.74) is -1.38. The fourth-order valence-corrected chi connectivity index (χ4v) is 1.17. The molecule has 0 saturated heterocycles. The van der Waals surface area contributed by atoms with Crippen molar-refractivity contribution in [2.45, 2.75) is 6.43 Å². The minimum Gasteiger partial charge on any atom is -0.313 e. The summed E-state index contributed by atoms with van der Waals surface area (Å²) in [7, 11) is 0. The lowest BCUT2D eigenvalue weighted by atomic mass is 10.2. The summed E-state index contributed by atoms with van der Waals surface area (Å²) < 4.78 is 24.2. The number of halogens is 3. The summed E-state index contributed by atoms with van der Waals surface area (Å²) in [5.74, 6) is 0. The Labute approximate surface area is 80.1 Å². The van der Waals surface area contributed by atoms with Crippen molar-refractivity contribution in [1.29, 1.82) is 5.26 Å². The van der Waals surface area contributed by atoms with Gasteiger partial charge in [0, 0.05) is 5.56 Å². The molecule has 0 saturated carbocycles. The highest BCUT2D eigenvalue weighted by molar-refractivity contribution is 9.10. The molecule has 3 nitrogen and oxygen atoms in total. The number of aromatic nitrogens is 1. The van der Waals surface area contributed by atoms with E-state index >= 15 is 0 Å². The fraction of sp³-hybridized carbons (Fsp3) is 0.143. The van der Waals surface area contributed by atoms with Crippen LogP contribution in [0.15, 0.2) is 15.3 Å². The third-order valence-electron chi connectivity index (χ3n) is 1.36. The molecule has 0 fully saturated rings. The van der Waals surface area contributed by atoms with E-state index in [2.05, 4.69) is 20.9 Å². The normalized spacial score (nSPS) is 10.1. The minimum atomic E-state index is -2.77. The lowest BCUT2D eigenvalue weighted by molar-refractivity contribution is 0.150. The van der Waals surface area contributed by atoms with Gasteiger partial charge in [-0.05, 0) is 22.0 Å². The second-order valence-corrected chi connectivity index (χ2v) is 2.99. The zero-order valence-electron chi connectivity index (χ0n) is 6.14. The van der Waals surface area contributed by atoms with Gasteiger partial charge in [0.15, 0.2) is 0 Å². The van der Waals surface area contributed by atoms with Crippen molar-refractivity contribution < 1.29 is 8.78 Å². The van der Waals surface area contributed by atoms with E-state index in [1.165, 1.54) is 0 Å². The third-order valence-corrected chi connectivity index (χ3v) is 2.17. The first kappa shape index (κ1) is 9.86. The minimum absolute atomic E-state index is 0.177. The Morgan fingerprint density at radius 2 is 2.23 bits per heavy atom. The Kier molecular flexibility index (Phi) is 2.78. The van der Waals surface area contributed by atoms with Crippen molar-refractivity contribution in [2.24, 2.45) is 0 Å². The van der Waals surface area contributed by atoms with Gasteiger partial charge in [-0.15, -0.1) is 0 Å². The van der Waals surface area contributed by atoms with Crippen LogP contribution in [-0.2, 0) is 0 Å². The van der Waals surface area contributed by atoms with Crippen LogP contribution in [0.5, 0.6) is 0 Å². The smallest absolute Gasteiger partial charge is 0.265 e. The Bertz CT molecular complexity index is 421. The maximum atomic E-state index is 12.2. The van der Waals surface area contributed by atoms with Gasteiger partial charge >= 0.3 is 0 Å². The predicted molar refractivity (Wildman–Crippen MR) is 44.4 cm³/mol. The molecule has 0 atom stereocenters. The van der Waals surface area contributed by atoms with Gasteiger partial charge in [-0.3, -0.25) is 4.79 Å². The lowest BCUT2D eigenvalue weighted by Crippen LogP contribution is -2.11. The topological polar surface area (TPSA) is 56.6 Å². The fourth-order valence-electron chi connectivity index (χ4n) is 0.782. The van der Waals surface area contributed by atoms with Crippen molar-refractivity contribution in [2.75, 3.05) is 0 Å². The number of H-pyrrole nitrogens is 1. The van der Waals surface area contributed by atoms with Gasteiger partial charge in [0.2, 0.25) is 0 Å². The zero-order valence-corrected chi connectivity index (χ0v) is 7.73. The van der Waals surface area contributed by atoms with Gasteiger partial charge in [0.25, 0.3) is 12.0 Å². The van der Waals surface area contributed by atoms with Crippen molar-refractivity contribution in [3.63, 3.8) is 0 Å². The van der Waals surface area contributed by atoms with Crippen LogP contribution in [0.3, 0.4) is 0 Å². The lowest BCUT2D eigenvalue weighted by Gasteiger charge is -2.01. The van der Waals surface area contributed by atoms with Crippen LogP contribution in [0, 0.1) is 11.3 Å². The molecule has 1 heterocycles. The third kappa shape index (κ3) is 1.92. The first-order valence-electron chi connectivity index (χ1n) is 3.17. The van der Waals surface area contributed by atoms with Crippen LogP contribution >= 0.6 is 15.9 Å². The molecule has 0 aromatic carbocycles. The van der Waals surface area contributed by atoms with E-state index < -0.39 is 17.5 Å². The van der Waals surface area contributed by atoms with Crippen molar-refractivity contribution in [3.8, 4) is 6.07 Å². The molecule has 0 aliphatic heterocycles. The number of pyridine rings is 1. The number of nitrogens with zero attached hydrogens (tertiary/aromatic N) is 1. The average Bonchev–Trinajstić information content (AvgIpc) is 2.09. The monoisotopic (exact) mass is 248 g/mol. The Morgan fingerprint density at radius 1 is 1.62 bits per heavy atom. The molecule has 0 bridgehead atoms. The average molecular weight is 249 g/mol. The van der Waals surface area contributed by atoms with Crippen LogP contribution in [0.2, 0.25) is 0 Å². The van der Waals surface area contributed by atoms with Crippen LogP contribution in [0.25, 0.3) is 0 Å². The molecule has 1 rings (SSSR count). The van der Waals surface area contributed by atoms with Crippen LogP contribution in [-0.4, -0.2) is 4.98 Å². The van der Waals surface area contributed by atoms with Crippen LogP contribution in [0.4, 0.5) is 8.78 Å². The molecule has 0 amide bonds. The number of alkyl halides is 2. The molecule has 0 radical (unpaired) electrons. The van der Waals surface area contributed by atoms with Gasteiger partial charge in [-0.1, -0.05) is 0 Å². The number of nitrogens with one attached hydrogen (secondary N) is 1. The molecular weight excluding hydrogens is 246 g/mol. The molecule has 0 aliphatic rings. The Morgan fingerprint density at radius 3 is 2.69 bits per heavy atom. The second-order valence-electron chi connectivity index (χ2n) is 2.19. The van der Waals surface area contributed by atoms with Gasteiger partial charge in [-0.25, -0.2) is 8.78 Å². The molecule has 68 valence electrons. The molecule has 1 N–H and O–H groups in total. The van der Waals surface area contributed by atoms with E-state index in [0.29, 0.717) is 0 Å². The van der Waals surface area contributed by atoms with E-state index in [-0.39, 0.29) is 10.2 Å². The van der Waals surface area contributed by atoms with Crippen LogP contribution < -0.4 is 5.56 Å². The maximum absolute atomic E-state index is 12.2. The molecule has 0 aliphatic carbocycles. The SMILES string of the molecule is N#Cc1cc(C(F)F)c(Br)c(=O)[nH]1. The van der Waals surface area contributed by atoms with Gasteiger partial charge in [0.1, 0.15) is 11.8 Å². The molecule has 1 aromatic heterocycles. The molecular formula is C7H3BrF2N2O. The second kappa shape index (κ2) is 3.66. The largest absolute Gasteiger partial charge is 0.313 e. The predicted octanol–water partition coefficient (Wildman–Crippen LogP) is 1.95. The summed E-state index contributed by atoms with van der Waals surface area (Å²) in [6.07, 6.45) is -2.77. The standard InChI is InChI=1S/C7H3BrF2N2O/c8-5-4(6(9)10)1-3(2-11)12-7(5)13/h1,6H,(H,12,13). The summed E-state index contributed by atoms with van der Waals surface area (Å²) in [5, 5.41) is 8.38. The highest BCUT2D eigenvalue weighted by Gasteiger charge is 2.15. The van der Waals surface area contributed by atoms with E-state index in [9.17, 15) is 13.6 Å². The maximum Gasteiger partial charge on any atom is 0.265 e. The molecule has 0 unspecified atom stereocenters. The zero-order chi connectivity index (χ0) is 10.0. The van der Waals surface area contributed by atoms with Gasteiger partial charge < -0.3 is 4.98 Å². The van der Waals surface area contributed by atoms with Crippen molar-refractivity contribution in [1.82, 2.24) is 4.98 Å². The molecule has 0 spiro atoms. The Hall–Kier alpha value is -1.22. The van der Waals surface area contributed by atoms with E-state index in [1.54, 1.807) is 6.07 Å². The van der Waals surface area contributed by atoms with Crippen molar-refractivity contribution in [3.05, 3.63) is 32.2 Å². The van der Waals surface area contributed by atoms with Crippen LogP contribution in [0.1, 0.15) is 17.7 Å². The number of rotatable bonds is 1.